The van der Waals surface area contributed by atoms with Crippen LogP contribution in [0.4, 0.5) is 10.1 Å². The number of hydrogen-bond acceptors (Lipinski definition) is 2. The molecule has 0 spiro atoms. The predicted molar refractivity (Wildman–Crippen MR) is 80.8 cm³/mol. The Morgan fingerprint density at radius 3 is 2.32 bits per heavy atom. The van der Waals surface area contributed by atoms with Gasteiger partial charge in [-0.05, 0) is 30.4 Å². The van der Waals surface area contributed by atoms with Gasteiger partial charge in [-0.3, -0.25) is 0 Å². The molecule has 3 heteroatoms. The van der Waals surface area contributed by atoms with Crippen LogP contribution in [0.5, 0.6) is 0 Å². The Hall–Kier alpha value is -1.09. The molecule has 0 fully saturated rings. The fourth-order valence-corrected chi connectivity index (χ4v) is 2.59. The maximum Gasteiger partial charge on any atom is 0.146 e. The summed E-state index contributed by atoms with van der Waals surface area (Å²) in [5.41, 5.74) is 7.38. The normalized spacial score (nSPS) is 11.4. The summed E-state index contributed by atoms with van der Waals surface area (Å²) in [4.78, 5) is 2.21. The van der Waals surface area contributed by atoms with Gasteiger partial charge < -0.3 is 10.6 Å². The predicted octanol–water partition coefficient (Wildman–Crippen LogP) is 3.94. The van der Waals surface area contributed by atoms with Crippen LogP contribution in [0.3, 0.4) is 0 Å². The number of benzene rings is 1. The Bertz CT molecular complexity index is 386. The van der Waals surface area contributed by atoms with Gasteiger partial charge in [0.15, 0.2) is 0 Å². The summed E-state index contributed by atoms with van der Waals surface area (Å²) in [6.45, 7) is 9.88. The van der Waals surface area contributed by atoms with E-state index in [1.165, 1.54) is 6.07 Å². The van der Waals surface area contributed by atoms with Gasteiger partial charge in [-0.1, -0.05) is 39.8 Å². The molecule has 0 aromatic heterocycles. The van der Waals surface area contributed by atoms with Gasteiger partial charge in [0.2, 0.25) is 0 Å². The van der Waals surface area contributed by atoms with Crippen LogP contribution in [0.1, 0.15) is 46.1 Å². The molecule has 1 rings (SSSR count). The van der Waals surface area contributed by atoms with Gasteiger partial charge in [-0.2, -0.15) is 0 Å². The number of hydrogen-bond donors (Lipinski definition) is 1. The van der Waals surface area contributed by atoms with Crippen molar-refractivity contribution in [3.05, 3.63) is 29.6 Å². The van der Waals surface area contributed by atoms with Crippen molar-refractivity contribution < 1.29 is 4.39 Å². The second-order valence-corrected chi connectivity index (χ2v) is 5.47. The molecule has 0 aliphatic carbocycles. The van der Waals surface area contributed by atoms with Crippen molar-refractivity contribution in [2.75, 3.05) is 11.4 Å². The summed E-state index contributed by atoms with van der Waals surface area (Å²) < 4.78 is 14.3. The van der Waals surface area contributed by atoms with E-state index in [-0.39, 0.29) is 5.82 Å². The summed E-state index contributed by atoms with van der Waals surface area (Å²) in [6.07, 6.45) is 2.03. The molecule has 0 amide bonds. The minimum absolute atomic E-state index is 0.157. The molecule has 2 nitrogen and oxygen atoms in total. The Balaban J connectivity index is 3.23. The average molecular weight is 266 g/mol. The maximum atomic E-state index is 14.3. The van der Waals surface area contributed by atoms with Crippen molar-refractivity contribution in [1.82, 2.24) is 0 Å². The summed E-state index contributed by atoms with van der Waals surface area (Å²) >= 11 is 0. The number of rotatable bonds is 7. The van der Waals surface area contributed by atoms with E-state index in [2.05, 4.69) is 32.6 Å². The first-order chi connectivity index (χ1) is 9.04. The Labute approximate surface area is 116 Å². The standard InChI is InChI=1S/C16H27FN2/c1-5-14(6-2)19(11-12(3)4)16-13(10-18)8-7-9-15(16)17/h7-9,12,14H,5-6,10-11,18H2,1-4H3. The van der Waals surface area contributed by atoms with Crippen molar-refractivity contribution in [1.29, 1.82) is 0 Å². The van der Waals surface area contributed by atoms with E-state index < -0.39 is 0 Å². The molecule has 0 radical (unpaired) electrons. The molecule has 0 unspecified atom stereocenters. The van der Waals surface area contributed by atoms with E-state index in [1.807, 2.05) is 6.07 Å². The van der Waals surface area contributed by atoms with Crippen LogP contribution in [-0.4, -0.2) is 12.6 Å². The van der Waals surface area contributed by atoms with E-state index in [0.717, 1.165) is 24.9 Å². The highest BCUT2D eigenvalue weighted by atomic mass is 19.1. The van der Waals surface area contributed by atoms with E-state index in [4.69, 9.17) is 5.73 Å². The van der Waals surface area contributed by atoms with Crippen LogP contribution in [0.25, 0.3) is 0 Å². The number of anilines is 1. The van der Waals surface area contributed by atoms with Crippen LogP contribution in [-0.2, 0) is 6.54 Å². The van der Waals surface area contributed by atoms with E-state index in [0.29, 0.717) is 24.2 Å². The molecule has 0 bridgehead atoms. The fraction of sp³-hybridized carbons (Fsp3) is 0.625. The second-order valence-electron chi connectivity index (χ2n) is 5.47. The average Bonchev–Trinajstić information content (AvgIpc) is 2.38. The van der Waals surface area contributed by atoms with Gasteiger partial charge in [0, 0.05) is 19.1 Å². The van der Waals surface area contributed by atoms with E-state index >= 15 is 0 Å². The van der Waals surface area contributed by atoms with Gasteiger partial charge in [0.25, 0.3) is 0 Å². The Kier molecular flexibility index (Phi) is 6.29. The lowest BCUT2D eigenvalue weighted by Crippen LogP contribution is -2.38. The molecule has 0 saturated carbocycles. The first-order valence-electron chi connectivity index (χ1n) is 7.29. The minimum atomic E-state index is -0.157. The van der Waals surface area contributed by atoms with Crippen molar-refractivity contribution in [2.24, 2.45) is 11.7 Å². The molecule has 0 atom stereocenters. The Morgan fingerprint density at radius 1 is 1.21 bits per heavy atom. The van der Waals surface area contributed by atoms with E-state index in [9.17, 15) is 4.39 Å². The third-order valence-corrected chi connectivity index (χ3v) is 3.52. The number of para-hydroxylation sites is 1. The lowest BCUT2D eigenvalue weighted by atomic mass is 10.0. The maximum absolute atomic E-state index is 14.3. The minimum Gasteiger partial charge on any atom is -0.366 e. The summed E-state index contributed by atoms with van der Waals surface area (Å²) in [5.74, 6) is 0.335. The zero-order chi connectivity index (χ0) is 14.4. The summed E-state index contributed by atoms with van der Waals surface area (Å²) in [6, 6.07) is 5.56. The Morgan fingerprint density at radius 2 is 1.84 bits per heavy atom. The van der Waals surface area contributed by atoms with Crippen molar-refractivity contribution >= 4 is 5.69 Å². The van der Waals surface area contributed by atoms with Gasteiger partial charge in [-0.25, -0.2) is 4.39 Å². The highest BCUT2D eigenvalue weighted by Gasteiger charge is 2.22. The molecule has 0 heterocycles. The molecule has 19 heavy (non-hydrogen) atoms. The molecule has 0 aliphatic heterocycles. The van der Waals surface area contributed by atoms with Gasteiger partial charge in [-0.15, -0.1) is 0 Å². The van der Waals surface area contributed by atoms with E-state index in [1.54, 1.807) is 6.07 Å². The second kappa shape index (κ2) is 7.49. The fourth-order valence-electron chi connectivity index (χ4n) is 2.59. The first kappa shape index (κ1) is 16.0. The largest absolute Gasteiger partial charge is 0.366 e. The lowest BCUT2D eigenvalue weighted by Gasteiger charge is -2.35. The van der Waals surface area contributed by atoms with Crippen LogP contribution in [0.15, 0.2) is 18.2 Å². The lowest BCUT2D eigenvalue weighted by molar-refractivity contribution is 0.494. The first-order valence-corrected chi connectivity index (χ1v) is 7.29. The molecular formula is C16H27FN2. The zero-order valence-electron chi connectivity index (χ0n) is 12.6. The van der Waals surface area contributed by atoms with Crippen LogP contribution >= 0.6 is 0 Å². The quantitative estimate of drug-likeness (QED) is 0.810. The topological polar surface area (TPSA) is 29.3 Å². The molecule has 1 aromatic rings. The number of nitrogens with two attached hydrogens (primary N) is 1. The highest BCUT2D eigenvalue weighted by Crippen LogP contribution is 2.29. The summed E-state index contributed by atoms with van der Waals surface area (Å²) in [7, 11) is 0. The summed E-state index contributed by atoms with van der Waals surface area (Å²) in [5, 5.41) is 0. The highest BCUT2D eigenvalue weighted by molar-refractivity contribution is 5.55. The van der Waals surface area contributed by atoms with Gasteiger partial charge >= 0.3 is 0 Å². The zero-order valence-corrected chi connectivity index (χ0v) is 12.6. The van der Waals surface area contributed by atoms with Crippen molar-refractivity contribution in [3.8, 4) is 0 Å². The van der Waals surface area contributed by atoms with Gasteiger partial charge in [0.1, 0.15) is 5.82 Å². The smallest absolute Gasteiger partial charge is 0.146 e. The molecule has 0 aliphatic rings. The van der Waals surface area contributed by atoms with Crippen LogP contribution in [0, 0.1) is 11.7 Å². The SMILES string of the molecule is CCC(CC)N(CC(C)C)c1c(F)cccc1CN. The third kappa shape index (κ3) is 3.93. The monoisotopic (exact) mass is 266 g/mol. The molecule has 2 N–H and O–H groups in total. The molecular weight excluding hydrogens is 239 g/mol. The number of halogens is 1. The van der Waals surface area contributed by atoms with Crippen LogP contribution < -0.4 is 10.6 Å². The van der Waals surface area contributed by atoms with Crippen LogP contribution in [0.2, 0.25) is 0 Å². The molecule has 1 aromatic carbocycles. The van der Waals surface area contributed by atoms with Crippen molar-refractivity contribution in [3.63, 3.8) is 0 Å². The molecule has 108 valence electrons. The van der Waals surface area contributed by atoms with Crippen molar-refractivity contribution in [2.45, 2.75) is 53.1 Å². The van der Waals surface area contributed by atoms with Gasteiger partial charge in [0.05, 0.1) is 5.69 Å². The third-order valence-electron chi connectivity index (χ3n) is 3.52. The number of nitrogens with zero attached hydrogens (tertiary/aromatic N) is 1. The molecule has 0 saturated heterocycles.